The lowest BCUT2D eigenvalue weighted by Crippen LogP contribution is -2.50. The molecular formula is C23H28N2O6. The van der Waals surface area contributed by atoms with Gasteiger partial charge < -0.3 is 19.3 Å². The molecule has 1 aromatic heterocycles. The molecule has 0 aliphatic carbocycles. The normalized spacial score (nSPS) is 18.2. The third-order valence-corrected chi connectivity index (χ3v) is 6.16. The number of methoxy groups -OCH3 is 2. The number of nitrogens with zero attached hydrogens (tertiary/aromatic N) is 2. The summed E-state index contributed by atoms with van der Waals surface area (Å²) in [6.45, 7) is 5.37. The van der Waals surface area contributed by atoms with E-state index in [1.54, 1.807) is 14.2 Å². The first-order chi connectivity index (χ1) is 14.8. The molecule has 4 rings (SSSR count). The molecule has 0 spiro atoms. The summed E-state index contributed by atoms with van der Waals surface area (Å²) in [6, 6.07) is 5.33. The lowest BCUT2D eigenvalue weighted by atomic mass is 9.93. The standard InChI is InChI=1S/C23H28N2O6/c1-23(2)7-6-17-14-11-21(31-9-5-8-29-3)20(30-4)10-15(14)18-12-19(26)16(22(27)28)13-24(18)25(17)23/h10-13,17H,5-9H2,1-4H3,(H,27,28)/t17-/m1/s1. The molecule has 166 valence electrons. The van der Waals surface area contributed by atoms with E-state index in [1.807, 2.05) is 16.8 Å². The van der Waals surface area contributed by atoms with Crippen molar-refractivity contribution in [1.29, 1.82) is 0 Å². The molecule has 1 N–H and O–H groups in total. The number of aromatic nitrogens is 1. The average molecular weight is 428 g/mol. The van der Waals surface area contributed by atoms with Gasteiger partial charge >= 0.3 is 5.97 Å². The van der Waals surface area contributed by atoms with Gasteiger partial charge in [0.05, 0.1) is 31.0 Å². The van der Waals surface area contributed by atoms with E-state index in [0.717, 1.165) is 30.4 Å². The molecule has 1 atom stereocenters. The Morgan fingerprint density at radius 3 is 2.65 bits per heavy atom. The molecule has 0 saturated carbocycles. The van der Waals surface area contributed by atoms with Crippen molar-refractivity contribution in [3.63, 3.8) is 0 Å². The number of fused-ring (bicyclic) bond motifs is 6. The van der Waals surface area contributed by atoms with E-state index in [1.165, 1.54) is 12.3 Å². The second-order valence-corrected chi connectivity index (χ2v) is 8.58. The molecule has 0 radical (unpaired) electrons. The number of pyridine rings is 1. The van der Waals surface area contributed by atoms with Gasteiger partial charge in [0, 0.05) is 38.0 Å². The van der Waals surface area contributed by atoms with Gasteiger partial charge in [0.1, 0.15) is 5.56 Å². The smallest absolute Gasteiger partial charge is 0.341 e. The third kappa shape index (κ3) is 3.54. The molecule has 3 heterocycles. The van der Waals surface area contributed by atoms with Gasteiger partial charge in [-0.2, -0.15) is 0 Å². The summed E-state index contributed by atoms with van der Waals surface area (Å²) in [6.07, 6.45) is 4.05. The van der Waals surface area contributed by atoms with Gasteiger partial charge in [0.2, 0.25) is 0 Å². The minimum Gasteiger partial charge on any atom is -0.493 e. The number of hydrogen-bond donors (Lipinski definition) is 1. The Morgan fingerprint density at radius 2 is 1.97 bits per heavy atom. The van der Waals surface area contributed by atoms with Crippen molar-refractivity contribution in [3.8, 4) is 22.8 Å². The molecule has 0 amide bonds. The van der Waals surface area contributed by atoms with Crippen LogP contribution in [-0.4, -0.2) is 48.7 Å². The van der Waals surface area contributed by atoms with E-state index in [4.69, 9.17) is 14.2 Å². The highest BCUT2D eigenvalue weighted by Crippen LogP contribution is 2.50. The SMILES string of the molecule is COCCCOc1cc2c(cc1OC)-c1cc(=O)c(C(=O)O)cn1N1[C@@H]2CCC1(C)C. The number of carbonyl (C=O) groups is 1. The highest BCUT2D eigenvalue weighted by molar-refractivity contribution is 5.88. The topological polar surface area (TPSA) is 90.2 Å². The fourth-order valence-corrected chi connectivity index (χ4v) is 4.67. The van der Waals surface area contributed by atoms with Crippen LogP contribution in [0, 0.1) is 0 Å². The number of benzene rings is 1. The van der Waals surface area contributed by atoms with Crippen LogP contribution in [0.15, 0.2) is 29.2 Å². The van der Waals surface area contributed by atoms with Crippen LogP contribution >= 0.6 is 0 Å². The fraction of sp³-hybridized carbons (Fsp3) is 0.478. The van der Waals surface area contributed by atoms with Crippen molar-refractivity contribution in [1.82, 2.24) is 4.68 Å². The van der Waals surface area contributed by atoms with E-state index in [2.05, 4.69) is 18.9 Å². The molecule has 2 aliphatic heterocycles. The van der Waals surface area contributed by atoms with Gasteiger partial charge in [-0.05, 0) is 44.4 Å². The second-order valence-electron chi connectivity index (χ2n) is 8.58. The van der Waals surface area contributed by atoms with Crippen molar-refractivity contribution >= 4 is 5.97 Å². The number of ether oxygens (including phenoxy) is 3. The first kappa shape index (κ1) is 21.2. The van der Waals surface area contributed by atoms with Crippen LogP contribution < -0.4 is 19.9 Å². The predicted octanol–water partition coefficient (Wildman–Crippen LogP) is 3.20. The van der Waals surface area contributed by atoms with Gasteiger partial charge in [-0.1, -0.05) is 0 Å². The van der Waals surface area contributed by atoms with Crippen LogP contribution in [0.4, 0.5) is 0 Å². The average Bonchev–Trinajstić information content (AvgIpc) is 3.05. The Morgan fingerprint density at radius 1 is 1.19 bits per heavy atom. The van der Waals surface area contributed by atoms with Crippen molar-refractivity contribution in [2.75, 3.05) is 32.4 Å². The van der Waals surface area contributed by atoms with Gasteiger partial charge in [-0.3, -0.25) is 14.5 Å². The van der Waals surface area contributed by atoms with E-state index >= 15 is 0 Å². The van der Waals surface area contributed by atoms with Gasteiger partial charge in [0.25, 0.3) is 0 Å². The number of aromatic carboxylic acids is 1. The number of rotatable bonds is 7. The van der Waals surface area contributed by atoms with E-state index in [9.17, 15) is 14.7 Å². The van der Waals surface area contributed by atoms with Gasteiger partial charge in [0.15, 0.2) is 16.9 Å². The largest absolute Gasteiger partial charge is 0.493 e. The lowest BCUT2D eigenvalue weighted by molar-refractivity contribution is 0.0694. The van der Waals surface area contributed by atoms with Crippen LogP contribution in [0.25, 0.3) is 11.3 Å². The maximum atomic E-state index is 12.5. The van der Waals surface area contributed by atoms with Crippen LogP contribution in [0.1, 0.15) is 55.1 Å². The quantitative estimate of drug-likeness (QED) is 0.677. The first-order valence-electron chi connectivity index (χ1n) is 10.4. The minimum absolute atomic E-state index is 0.0360. The highest BCUT2D eigenvalue weighted by Gasteiger charge is 2.45. The molecule has 0 bridgehead atoms. The van der Waals surface area contributed by atoms with E-state index in [0.29, 0.717) is 30.4 Å². The maximum Gasteiger partial charge on any atom is 0.341 e. The van der Waals surface area contributed by atoms with Gasteiger partial charge in [-0.25, -0.2) is 4.79 Å². The summed E-state index contributed by atoms with van der Waals surface area (Å²) in [5.41, 5.74) is 1.60. The number of carboxylic acids is 1. The Balaban J connectivity index is 1.88. The third-order valence-electron chi connectivity index (χ3n) is 6.16. The zero-order valence-corrected chi connectivity index (χ0v) is 18.3. The van der Waals surface area contributed by atoms with Crippen LogP contribution in [0.5, 0.6) is 11.5 Å². The molecule has 1 aromatic carbocycles. The van der Waals surface area contributed by atoms with Crippen molar-refractivity contribution in [2.45, 2.75) is 44.7 Å². The molecule has 0 unspecified atom stereocenters. The number of carboxylic acid groups (broad SMARTS) is 1. The van der Waals surface area contributed by atoms with Crippen molar-refractivity contribution in [2.24, 2.45) is 0 Å². The molecule has 2 aromatic rings. The molecule has 1 saturated heterocycles. The summed E-state index contributed by atoms with van der Waals surface area (Å²) in [4.78, 5) is 24.2. The van der Waals surface area contributed by atoms with Gasteiger partial charge in [-0.15, -0.1) is 0 Å². The summed E-state index contributed by atoms with van der Waals surface area (Å²) >= 11 is 0. The summed E-state index contributed by atoms with van der Waals surface area (Å²) in [5.74, 6) is 0.000170. The Kier molecular flexibility index (Phi) is 5.43. The molecular weight excluding hydrogens is 400 g/mol. The maximum absolute atomic E-state index is 12.5. The minimum atomic E-state index is -1.22. The van der Waals surface area contributed by atoms with E-state index in [-0.39, 0.29) is 17.1 Å². The van der Waals surface area contributed by atoms with Crippen LogP contribution in [-0.2, 0) is 4.74 Å². The lowest BCUT2D eigenvalue weighted by Gasteiger charge is -2.44. The Bertz CT molecular complexity index is 1070. The number of hydrogen-bond acceptors (Lipinski definition) is 6. The molecule has 2 aliphatic rings. The Labute approximate surface area is 180 Å². The molecule has 1 fully saturated rings. The zero-order chi connectivity index (χ0) is 22.3. The fourth-order valence-electron chi connectivity index (χ4n) is 4.67. The summed E-state index contributed by atoms with van der Waals surface area (Å²) in [7, 11) is 3.24. The highest BCUT2D eigenvalue weighted by atomic mass is 16.5. The predicted molar refractivity (Wildman–Crippen MR) is 116 cm³/mol. The molecule has 31 heavy (non-hydrogen) atoms. The first-order valence-corrected chi connectivity index (χ1v) is 10.4. The van der Waals surface area contributed by atoms with Crippen LogP contribution in [0.2, 0.25) is 0 Å². The second kappa shape index (κ2) is 7.92. The van der Waals surface area contributed by atoms with Crippen molar-refractivity contribution < 1.29 is 24.1 Å². The summed E-state index contributed by atoms with van der Waals surface area (Å²) < 4.78 is 18.5. The molecule has 8 nitrogen and oxygen atoms in total. The molecule has 8 heteroatoms. The summed E-state index contributed by atoms with van der Waals surface area (Å²) in [5, 5.41) is 11.7. The monoisotopic (exact) mass is 428 g/mol. The van der Waals surface area contributed by atoms with Crippen molar-refractivity contribution in [3.05, 3.63) is 45.7 Å². The Hall–Kier alpha value is -3.00. The van der Waals surface area contributed by atoms with E-state index < -0.39 is 11.4 Å². The zero-order valence-electron chi connectivity index (χ0n) is 18.3. The van der Waals surface area contributed by atoms with Crippen LogP contribution in [0.3, 0.4) is 0 Å².